The number of hydrogen-bond acceptors (Lipinski definition) is 11. The minimum absolute atomic E-state index is 0.0297. The van der Waals surface area contributed by atoms with Gasteiger partial charge in [-0.2, -0.15) is 0 Å². The predicted octanol–water partition coefficient (Wildman–Crippen LogP) is 10.4. The zero-order valence-corrected chi connectivity index (χ0v) is 42.1. The first-order valence-corrected chi connectivity index (χ1v) is 28.2. The molecule has 0 saturated heterocycles. The number of rotatable bonds is 20. The average Bonchev–Trinajstić information content (AvgIpc) is 3.88. The number of thiazole rings is 1. The number of carboxylic acids is 1. The van der Waals surface area contributed by atoms with Crippen molar-refractivity contribution in [2.75, 3.05) is 11.5 Å². The van der Waals surface area contributed by atoms with Crippen molar-refractivity contribution in [2.45, 2.75) is 115 Å². The molecule has 342 valence electrons. The van der Waals surface area contributed by atoms with E-state index in [0.717, 1.165) is 16.7 Å². The lowest BCUT2D eigenvalue weighted by Gasteiger charge is -2.35. The predicted molar refractivity (Wildman–Crippen MR) is 265 cm³/mol. The maximum Gasteiger partial charge on any atom is 0.329 e. The van der Waals surface area contributed by atoms with Crippen LogP contribution >= 0.6 is 34.9 Å². The maximum absolute atomic E-state index is 14.3. The molecule has 1 amide bonds. The van der Waals surface area contributed by atoms with Crippen molar-refractivity contribution >= 4 is 71.8 Å². The summed E-state index contributed by atoms with van der Waals surface area (Å²) in [5.74, 6) is -2.98. The number of benzene rings is 3. The van der Waals surface area contributed by atoms with Gasteiger partial charge in [0.25, 0.3) is 0 Å². The van der Waals surface area contributed by atoms with Gasteiger partial charge in [0, 0.05) is 19.2 Å². The fourth-order valence-corrected chi connectivity index (χ4v) is 12.3. The lowest BCUT2D eigenvalue weighted by molar-refractivity contribution is -0.159. The van der Waals surface area contributed by atoms with Gasteiger partial charge in [0.2, 0.25) is 5.91 Å². The molecule has 5 rings (SSSR count). The average molecular weight is 942 g/mol. The zero-order valence-electron chi connectivity index (χ0n) is 38.6. The monoisotopic (exact) mass is 941 g/mol. The Bertz CT molecular complexity index is 2180. The van der Waals surface area contributed by atoms with Gasteiger partial charge < -0.3 is 19.9 Å². The summed E-state index contributed by atoms with van der Waals surface area (Å²) >= 11 is 4.50. The number of hydrogen-bond donors (Lipinski definition) is 2. The molecule has 10 nitrogen and oxygen atoms in total. The van der Waals surface area contributed by atoms with Crippen LogP contribution in [-0.4, -0.2) is 81.8 Å². The number of esters is 2. The number of aliphatic imine (C=N–C) groups is 1. The molecule has 64 heavy (non-hydrogen) atoms. The highest BCUT2D eigenvalue weighted by Gasteiger charge is 2.44. The first-order valence-electron chi connectivity index (χ1n) is 21.8. The van der Waals surface area contributed by atoms with Crippen LogP contribution in [0.25, 0.3) is 0 Å². The summed E-state index contributed by atoms with van der Waals surface area (Å²) in [5, 5.41) is 16.6. The van der Waals surface area contributed by atoms with E-state index in [4.69, 9.17) is 14.5 Å². The van der Waals surface area contributed by atoms with E-state index in [0.29, 0.717) is 33.7 Å². The fraction of sp³-hybridized carbons (Fsp3) is 0.440. The fourth-order valence-electron chi connectivity index (χ4n) is 7.43. The number of amides is 1. The first kappa shape index (κ1) is 50.5. The van der Waals surface area contributed by atoms with Crippen molar-refractivity contribution in [3.63, 3.8) is 0 Å². The summed E-state index contributed by atoms with van der Waals surface area (Å²) in [4.78, 5) is 63.2. The summed E-state index contributed by atoms with van der Waals surface area (Å²) in [5.41, 5.74) is 1.92. The number of nitrogens with one attached hydrogen (secondary N) is 1. The van der Waals surface area contributed by atoms with E-state index in [-0.39, 0.29) is 23.8 Å². The Hall–Kier alpha value is -4.50. The number of aliphatic carboxylic acids is 1. The minimum atomic E-state index is -2.07. The lowest BCUT2D eigenvalue weighted by Crippen LogP contribution is -2.54. The second-order valence-corrected chi connectivity index (χ2v) is 27.7. The number of carboxylic acid groups (broad SMARTS) is 1. The normalized spacial score (nSPS) is 17.6. The molecule has 3 aromatic carbocycles. The van der Waals surface area contributed by atoms with Crippen molar-refractivity contribution in [1.82, 2.24) is 10.3 Å². The van der Waals surface area contributed by atoms with E-state index in [1.165, 1.54) is 23.1 Å². The van der Waals surface area contributed by atoms with Gasteiger partial charge in [-0.3, -0.25) is 19.4 Å². The molecule has 2 heterocycles. The van der Waals surface area contributed by atoms with Crippen molar-refractivity contribution in [3.8, 4) is 0 Å². The Kier molecular flexibility index (Phi) is 17.1. The van der Waals surface area contributed by atoms with Crippen molar-refractivity contribution in [3.05, 3.63) is 136 Å². The van der Waals surface area contributed by atoms with Gasteiger partial charge in [0.05, 0.1) is 17.1 Å². The Morgan fingerprint density at radius 2 is 1.45 bits per heavy atom. The third kappa shape index (κ3) is 12.9. The van der Waals surface area contributed by atoms with Gasteiger partial charge in [-0.1, -0.05) is 137 Å². The molecule has 0 spiro atoms. The van der Waals surface area contributed by atoms with Crippen molar-refractivity contribution in [1.29, 1.82) is 0 Å². The van der Waals surface area contributed by atoms with Crippen LogP contribution in [0.1, 0.15) is 82.3 Å². The highest BCUT2D eigenvalue weighted by molar-refractivity contribution is 8.14. The second-order valence-electron chi connectivity index (χ2n) is 18.8. The summed E-state index contributed by atoms with van der Waals surface area (Å²) in [6.45, 7) is 19.0. The van der Waals surface area contributed by atoms with E-state index in [2.05, 4.69) is 103 Å². The largest absolute Gasteiger partial charge is 0.481 e. The van der Waals surface area contributed by atoms with Gasteiger partial charge in [-0.25, -0.2) is 9.78 Å². The lowest BCUT2D eigenvalue weighted by atomic mass is 9.84. The molecule has 4 aromatic rings. The molecule has 0 bridgehead atoms. The highest BCUT2D eigenvalue weighted by Crippen LogP contribution is 2.48. The van der Waals surface area contributed by atoms with Gasteiger partial charge in [0.1, 0.15) is 39.0 Å². The summed E-state index contributed by atoms with van der Waals surface area (Å²) < 4.78 is 11.1. The van der Waals surface area contributed by atoms with Gasteiger partial charge in [0.15, 0.2) is 0 Å². The van der Waals surface area contributed by atoms with Crippen molar-refractivity contribution in [2.24, 2.45) is 16.8 Å². The number of carbonyl (C=O) groups is 4. The third-order valence-electron chi connectivity index (χ3n) is 11.3. The Balaban J connectivity index is 1.36. The molecule has 1 aliphatic rings. The Morgan fingerprint density at radius 1 is 0.906 bits per heavy atom. The first-order chi connectivity index (χ1) is 30.1. The van der Waals surface area contributed by atoms with Crippen LogP contribution in [0.15, 0.2) is 114 Å². The third-order valence-corrected chi connectivity index (χ3v) is 18.1. The second kappa shape index (κ2) is 21.7. The number of ether oxygens (including phenoxy) is 2. The summed E-state index contributed by atoms with van der Waals surface area (Å²) in [7, 11) is -2.07. The van der Waals surface area contributed by atoms with Crippen LogP contribution in [0.4, 0.5) is 0 Å². The number of nitrogens with zero attached hydrogens (tertiary/aromatic N) is 2. The van der Waals surface area contributed by atoms with Gasteiger partial charge in [-0.05, 0) is 74.1 Å². The number of aromatic nitrogens is 1. The van der Waals surface area contributed by atoms with Crippen LogP contribution in [-0.2, 0) is 39.8 Å². The molecule has 5 atom stereocenters. The molecular formula is C50H63N3O7S3Si. The highest BCUT2D eigenvalue weighted by atomic mass is 32.2. The molecule has 0 radical (unpaired) electrons. The van der Waals surface area contributed by atoms with Crippen LogP contribution < -0.4 is 5.32 Å². The van der Waals surface area contributed by atoms with E-state index >= 15 is 0 Å². The van der Waals surface area contributed by atoms with Crippen LogP contribution in [0.5, 0.6) is 0 Å². The summed E-state index contributed by atoms with van der Waals surface area (Å²) in [6.07, 6.45) is 3.18. The maximum atomic E-state index is 14.3. The standard InChI is InChI=1S/C50H63N3O7S3Si/c1-33(2)43(52-47(58)49(7)32-62-44(53-49)38-31-61-40(51-38)30-41(54)60-48(4,5)6)46(57)59-39(42(45(55)56)34(3)64(8,9)10)28-20-21-29-63-50(35-22-14-11-15-23-35,36-24-16-12-17-25-36)37-26-18-13-19-27-37/h11-20,22-28,31,33-34,39,42-43H,21,29-30,32H2,1-10H3,(H,52,58)(H,55,56)/b28-20+/t34?,39-,42?,43+,49-/m0/s1. The molecule has 14 heteroatoms. The van der Waals surface area contributed by atoms with Crippen LogP contribution in [0, 0.1) is 11.8 Å². The van der Waals surface area contributed by atoms with E-state index in [9.17, 15) is 24.3 Å². The molecule has 2 unspecified atom stereocenters. The van der Waals surface area contributed by atoms with Gasteiger partial charge in [-0.15, -0.1) is 34.9 Å². The van der Waals surface area contributed by atoms with Crippen LogP contribution in [0.3, 0.4) is 0 Å². The summed E-state index contributed by atoms with van der Waals surface area (Å²) in [6, 6.07) is 30.2. The SMILES string of the molecule is CC(C)[C@@H](NC(=O)[C@]1(C)CSC(c2csc(CC(=O)OC(C)(C)C)n2)=N1)C(=O)O[C@@H](/C=C/CCSC(c1ccccc1)(c1ccccc1)c1ccccc1)C(C(=O)O)C(C)[Si](C)(C)C. The van der Waals surface area contributed by atoms with Crippen molar-refractivity contribution < 1.29 is 33.8 Å². The molecule has 1 aromatic heterocycles. The van der Waals surface area contributed by atoms with E-state index in [1.807, 2.05) is 71.2 Å². The topological polar surface area (TPSA) is 144 Å². The van der Waals surface area contributed by atoms with Gasteiger partial charge >= 0.3 is 17.9 Å². The number of carbonyl (C=O) groups excluding carboxylic acids is 3. The molecule has 0 saturated carbocycles. The van der Waals surface area contributed by atoms with E-state index < -0.39 is 59.9 Å². The molecule has 0 aliphatic carbocycles. The Morgan fingerprint density at radius 3 is 1.94 bits per heavy atom. The quantitative estimate of drug-likeness (QED) is 0.0289. The smallest absolute Gasteiger partial charge is 0.329 e. The van der Waals surface area contributed by atoms with E-state index in [1.54, 1.807) is 24.8 Å². The zero-order chi connectivity index (χ0) is 46.9. The molecule has 0 fully saturated rings. The molecule has 2 N–H and O–H groups in total. The number of thioether (sulfide) groups is 2. The van der Waals surface area contributed by atoms with Crippen LogP contribution in [0.2, 0.25) is 25.2 Å². The molecular weight excluding hydrogens is 879 g/mol. The molecule has 1 aliphatic heterocycles. The number of allylic oxidation sites excluding steroid dienone is 1. The minimum Gasteiger partial charge on any atom is -0.481 e. The Labute approximate surface area is 392 Å².